The minimum absolute atomic E-state index is 0.153. The number of amides is 2. The fourth-order valence-electron chi connectivity index (χ4n) is 5.78. The molecule has 2 aliphatic rings. The second-order valence-electron chi connectivity index (χ2n) is 9.96. The summed E-state index contributed by atoms with van der Waals surface area (Å²) in [6.07, 6.45) is 0.849. The number of aryl methyl sites for hydroxylation is 1. The SMILES string of the molecule is CCc1ccc(-c2nc3c(n2C(C)C)[C@@]2(C(=O)Nc4cc(Cl)ccc42)N(c2cccc(Cl)c2)C3=O)c(OC)c1. The van der Waals surface area contributed by atoms with E-state index in [1.54, 1.807) is 49.6 Å². The first-order valence-electron chi connectivity index (χ1n) is 12.7. The number of benzene rings is 3. The van der Waals surface area contributed by atoms with Crippen molar-refractivity contribution in [2.24, 2.45) is 0 Å². The fraction of sp³-hybridized carbons (Fsp3) is 0.233. The average Bonchev–Trinajstić information content (AvgIpc) is 3.52. The van der Waals surface area contributed by atoms with Crippen LogP contribution < -0.4 is 15.0 Å². The van der Waals surface area contributed by atoms with Gasteiger partial charge in [0.2, 0.25) is 0 Å². The van der Waals surface area contributed by atoms with Crippen molar-refractivity contribution < 1.29 is 14.3 Å². The van der Waals surface area contributed by atoms with Crippen LogP contribution >= 0.6 is 23.2 Å². The zero-order chi connectivity index (χ0) is 27.6. The van der Waals surface area contributed by atoms with Gasteiger partial charge >= 0.3 is 0 Å². The predicted molar refractivity (Wildman–Crippen MR) is 153 cm³/mol. The summed E-state index contributed by atoms with van der Waals surface area (Å²) < 4.78 is 7.74. The molecule has 0 fully saturated rings. The topological polar surface area (TPSA) is 76.5 Å². The highest BCUT2D eigenvalue weighted by Crippen LogP contribution is 2.54. The lowest BCUT2D eigenvalue weighted by atomic mass is 9.87. The molecule has 7 nitrogen and oxygen atoms in total. The number of hydrogen-bond donors (Lipinski definition) is 1. The Morgan fingerprint density at radius 3 is 2.49 bits per heavy atom. The number of nitrogens with one attached hydrogen (secondary N) is 1. The van der Waals surface area contributed by atoms with Crippen LogP contribution in [0.1, 0.15) is 54.1 Å². The number of nitrogens with zero attached hydrogens (tertiary/aromatic N) is 3. The number of aromatic nitrogens is 2. The zero-order valence-electron chi connectivity index (χ0n) is 21.9. The molecule has 0 saturated carbocycles. The number of carbonyl (C=O) groups is 2. The zero-order valence-corrected chi connectivity index (χ0v) is 23.4. The largest absolute Gasteiger partial charge is 0.496 e. The Hall–Kier alpha value is -3.81. The van der Waals surface area contributed by atoms with E-state index in [0.717, 1.165) is 17.5 Å². The van der Waals surface area contributed by atoms with Gasteiger partial charge in [-0.25, -0.2) is 4.98 Å². The number of hydrogen-bond acceptors (Lipinski definition) is 4. The highest BCUT2D eigenvalue weighted by Gasteiger charge is 2.64. The Labute approximate surface area is 236 Å². The van der Waals surface area contributed by atoms with E-state index in [1.165, 1.54) is 4.90 Å². The molecule has 0 aliphatic carbocycles. The monoisotopic (exact) mass is 560 g/mol. The molecule has 0 saturated heterocycles. The lowest BCUT2D eigenvalue weighted by Gasteiger charge is -2.35. The van der Waals surface area contributed by atoms with Gasteiger partial charge < -0.3 is 14.6 Å². The van der Waals surface area contributed by atoms with Crippen LogP contribution in [0.4, 0.5) is 11.4 Å². The van der Waals surface area contributed by atoms with Crippen molar-refractivity contribution in [2.75, 3.05) is 17.3 Å². The molecule has 4 aromatic rings. The maximum atomic E-state index is 14.3. The highest BCUT2D eigenvalue weighted by molar-refractivity contribution is 6.32. The number of halogens is 2. The van der Waals surface area contributed by atoms with Gasteiger partial charge in [0.15, 0.2) is 11.2 Å². The van der Waals surface area contributed by atoms with E-state index in [1.807, 2.05) is 36.6 Å². The average molecular weight is 561 g/mol. The Morgan fingerprint density at radius 2 is 1.79 bits per heavy atom. The normalized spacial score (nSPS) is 17.7. The first-order chi connectivity index (χ1) is 18.7. The van der Waals surface area contributed by atoms with Gasteiger partial charge in [-0.05, 0) is 68.3 Å². The van der Waals surface area contributed by atoms with Gasteiger partial charge in [-0.2, -0.15) is 0 Å². The van der Waals surface area contributed by atoms with Gasteiger partial charge in [0.05, 0.1) is 18.4 Å². The molecule has 1 spiro atoms. The number of carbonyl (C=O) groups excluding carboxylic acids is 2. The minimum Gasteiger partial charge on any atom is -0.496 e. The summed E-state index contributed by atoms with van der Waals surface area (Å²) in [5, 5.41) is 3.91. The molecule has 1 atom stereocenters. The molecule has 6 rings (SSSR count). The molecule has 3 aromatic carbocycles. The standard InChI is InChI=1S/C30H26Cl2N4O3/c1-5-17-9-11-21(24(13-17)39-4)27-34-25-26(35(27)16(2)3)30(22-12-10-19(32)15-23(22)33-29(30)38)36(28(25)37)20-8-6-7-18(31)14-20/h6-16H,5H2,1-4H3,(H,33,38)/t30-/m0/s1. The maximum absolute atomic E-state index is 14.3. The minimum atomic E-state index is -1.52. The first kappa shape index (κ1) is 25.5. The van der Waals surface area contributed by atoms with Crippen molar-refractivity contribution >= 4 is 46.4 Å². The molecule has 2 amide bonds. The van der Waals surface area contributed by atoms with Crippen molar-refractivity contribution in [2.45, 2.75) is 38.8 Å². The van der Waals surface area contributed by atoms with Crippen LogP contribution in [-0.2, 0) is 16.8 Å². The van der Waals surface area contributed by atoms with Crippen molar-refractivity contribution in [1.29, 1.82) is 0 Å². The molecule has 0 radical (unpaired) electrons. The molecule has 0 unspecified atom stereocenters. The Kier molecular flexibility index (Phi) is 5.97. The quantitative estimate of drug-likeness (QED) is 0.289. The number of anilines is 2. The number of rotatable bonds is 5. The number of imidazole rings is 1. The predicted octanol–water partition coefficient (Wildman–Crippen LogP) is 6.86. The van der Waals surface area contributed by atoms with Crippen LogP contribution in [-0.4, -0.2) is 28.5 Å². The lowest BCUT2D eigenvalue weighted by Crippen LogP contribution is -2.51. The molecular weight excluding hydrogens is 535 g/mol. The summed E-state index contributed by atoms with van der Waals surface area (Å²) >= 11 is 12.7. The smallest absolute Gasteiger partial charge is 0.280 e. The molecule has 39 heavy (non-hydrogen) atoms. The maximum Gasteiger partial charge on any atom is 0.280 e. The van der Waals surface area contributed by atoms with Crippen molar-refractivity contribution in [3.8, 4) is 17.1 Å². The first-order valence-corrected chi connectivity index (χ1v) is 13.5. The van der Waals surface area contributed by atoms with Gasteiger partial charge in [-0.3, -0.25) is 14.5 Å². The number of ether oxygens (including phenoxy) is 1. The highest BCUT2D eigenvalue weighted by atomic mass is 35.5. The summed E-state index contributed by atoms with van der Waals surface area (Å²) in [5.74, 6) is 0.447. The summed E-state index contributed by atoms with van der Waals surface area (Å²) in [6.45, 7) is 6.09. The van der Waals surface area contributed by atoms with Crippen LogP contribution in [0.3, 0.4) is 0 Å². The van der Waals surface area contributed by atoms with Crippen molar-refractivity contribution in [1.82, 2.24) is 9.55 Å². The van der Waals surface area contributed by atoms with Crippen LogP contribution in [0.25, 0.3) is 11.4 Å². The molecule has 1 N–H and O–H groups in total. The fourth-order valence-corrected chi connectivity index (χ4v) is 6.13. The van der Waals surface area contributed by atoms with Crippen LogP contribution in [0.5, 0.6) is 5.75 Å². The number of methoxy groups -OCH3 is 1. The van der Waals surface area contributed by atoms with E-state index in [-0.39, 0.29) is 17.6 Å². The molecule has 1 aromatic heterocycles. The van der Waals surface area contributed by atoms with Gasteiger partial charge in [-0.15, -0.1) is 0 Å². The Balaban J connectivity index is 1.71. The lowest BCUT2D eigenvalue weighted by molar-refractivity contribution is -0.119. The van der Waals surface area contributed by atoms with Crippen LogP contribution in [0.15, 0.2) is 60.7 Å². The number of fused-ring (bicyclic) bond motifs is 4. The van der Waals surface area contributed by atoms with Gasteiger partial charge in [0.1, 0.15) is 11.6 Å². The van der Waals surface area contributed by atoms with Gasteiger partial charge in [0, 0.05) is 33.0 Å². The van der Waals surface area contributed by atoms with E-state index in [9.17, 15) is 9.59 Å². The van der Waals surface area contributed by atoms with Gasteiger partial charge in [0.25, 0.3) is 11.8 Å². The van der Waals surface area contributed by atoms with E-state index in [4.69, 9.17) is 32.9 Å². The van der Waals surface area contributed by atoms with Crippen LogP contribution in [0, 0.1) is 0 Å². The third-order valence-electron chi connectivity index (χ3n) is 7.44. The molecule has 3 heterocycles. The summed E-state index contributed by atoms with van der Waals surface area (Å²) in [4.78, 5) is 35.0. The second-order valence-corrected chi connectivity index (χ2v) is 10.8. The van der Waals surface area contributed by atoms with Crippen LogP contribution in [0.2, 0.25) is 10.0 Å². The summed E-state index contributed by atoms with van der Waals surface area (Å²) in [7, 11) is 1.62. The Bertz CT molecular complexity index is 1680. The van der Waals surface area contributed by atoms with E-state index < -0.39 is 11.4 Å². The third kappa shape index (κ3) is 3.53. The molecule has 9 heteroatoms. The van der Waals surface area contributed by atoms with Crippen molar-refractivity contribution in [3.05, 3.63) is 93.2 Å². The van der Waals surface area contributed by atoms with Gasteiger partial charge in [-0.1, -0.05) is 48.3 Å². The Morgan fingerprint density at radius 1 is 1.03 bits per heavy atom. The molecule has 198 valence electrons. The van der Waals surface area contributed by atoms with E-state index in [0.29, 0.717) is 44.3 Å². The summed E-state index contributed by atoms with van der Waals surface area (Å²) in [5.41, 5.74) is 2.69. The van der Waals surface area contributed by atoms with E-state index >= 15 is 0 Å². The second kappa shape index (κ2) is 9.14. The molecule has 0 bridgehead atoms. The third-order valence-corrected chi connectivity index (χ3v) is 7.91. The van der Waals surface area contributed by atoms with E-state index in [2.05, 4.69) is 12.2 Å². The van der Waals surface area contributed by atoms with Crippen molar-refractivity contribution in [3.63, 3.8) is 0 Å². The molecule has 2 aliphatic heterocycles. The molecular formula is C30H26Cl2N4O3. The summed E-state index contributed by atoms with van der Waals surface area (Å²) in [6, 6.07) is 18.0.